The van der Waals surface area contributed by atoms with E-state index in [9.17, 15) is 30.3 Å². The fraction of sp³-hybridized carbons (Fsp3) is 0.553. The fourth-order valence-corrected chi connectivity index (χ4v) is 7.88. The number of nitrogens with one attached hydrogen (secondary N) is 2. The lowest BCUT2D eigenvalue weighted by atomic mass is 9.66. The number of dihydropyridines is 1. The maximum Gasteiger partial charge on any atom is 0.303 e. The molecule has 7 atom stereocenters. The number of carbonyl (C=O) groups is 1. The van der Waals surface area contributed by atoms with Crippen molar-refractivity contribution in [3.05, 3.63) is 65.0 Å². The van der Waals surface area contributed by atoms with Crippen molar-refractivity contribution < 1.29 is 54.4 Å². The van der Waals surface area contributed by atoms with Gasteiger partial charge in [-0.05, 0) is 98.9 Å². The number of carboxylic acids is 1. The summed E-state index contributed by atoms with van der Waals surface area (Å²) >= 11 is 0. The average molecular weight is 728 g/mol. The van der Waals surface area contributed by atoms with E-state index < -0.39 is 42.3 Å². The zero-order chi connectivity index (χ0) is 37.4. The molecule has 2 aromatic carbocycles. The molecule has 5 rings (SSSR count). The van der Waals surface area contributed by atoms with E-state index in [0.717, 1.165) is 17.6 Å². The number of aliphatic hydroxyl groups is 3. The number of carboxylic acid groups (broad SMARTS) is 1. The van der Waals surface area contributed by atoms with E-state index in [4.69, 9.17) is 29.8 Å². The smallest absolute Gasteiger partial charge is 0.303 e. The summed E-state index contributed by atoms with van der Waals surface area (Å²) in [7, 11) is 1.42. The molecule has 0 amide bonds. The number of hydrogen-bond acceptors (Lipinski definition) is 13. The summed E-state index contributed by atoms with van der Waals surface area (Å²) in [4.78, 5) is 12.3. The molecule has 3 aliphatic heterocycles. The van der Waals surface area contributed by atoms with Gasteiger partial charge in [0, 0.05) is 36.6 Å². The Bertz CT molecular complexity index is 1600. The Kier molecular flexibility index (Phi) is 13.2. The van der Waals surface area contributed by atoms with Gasteiger partial charge in [-0.2, -0.15) is 0 Å². The van der Waals surface area contributed by atoms with Crippen molar-refractivity contribution in [3.63, 3.8) is 0 Å². The summed E-state index contributed by atoms with van der Waals surface area (Å²) in [6.07, 6.45) is 5.45. The molecule has 2 saturated heterocycles. The lowest BCUT2D eigenvalue weighted by Crippen LogP contribution is -2.57. The minimum absolute atomic E-state index is 0.0496. The number of benzene rings is 2. The van der Waals surface area contributed by atoms with Crippen molar-refractivity contribution in [2.75, 3.05) is 33.7 Å². The molecular formula is C38H53N3O11. The van der Waals surface area contributed by atoms with Gasteiger partial charge in [0.25, 0.3) is 0 Å². The van der Waals surface area contributed by atoms with Gasteiger partial charge < -0.3 is 66.0 Å². The van der Waals surface area contributed by atoms with Gasteiger partial charge in [0.05, 0.1) is 37.7 Å². The third-order valence-electron chi connectivity index (χ3n) is 10.6. The number of phenolic OH excluding ortho intramolecular Hbond substituents is 2. The summed E-state index contributed by atoms with van der Waals surface area (Å²) < 4.78 is 23.6. The molecule has 0 aromatic heterocycles. The van der Waals surface area contributed by atoms with Crippen LogP contribution < -0.4 is 30.6 Å². The SMILES string of the molecule is COc1cc([C@H]2O[C@@H](CCc3ccc(O)c(OCO)c3)C[C@H](O)[C@@H]2CCO)cc(OC[C@@H]2N[C@@H](C)CC[C@@]2(CC(=O)O)CC2=CCNC(N)=C2)c1O. The van der Waals surface area contributed by atoms with Crippen LogP contribution in [0.4, 0.5) is 0 Å². The quantitative estimate of drug-likeness (QED) is 0.113. The highest BCUT2D eigenvalue weighted by Crippen LogP contribution is 2.47. The summed E-state index contributed by atoms with van der Waals surface area (Å²) in [5.41, 5.74) is 7.72. The third-order valence-corrected chi connectivity index (χ3v) is 10.6. The van der Waals surface area contributed by atoms with Gasteiger partial charge in [0.15, 0.2) is 29.8 Å². The predicted molar refractivity (Wildman–Crippen MR) is 191 cm³/mol. The second-order valence-corrected chi connectivity index (χ2v) is 14.2. The molecule has 0 unspecified atom stereocenters. The molecule has 0 spiro atoms. The highest BCUT2D eigenvalue weighted by atomic mass is 16.6. The lowest BCUT2D eigenvalue weighted by Gasteiger charge is -2.46. The van der Waals surface area contributed by atoms with E-state index in [1.165, 1.54) is 13.2 Å². The molecule has 3 heterocycles. The van der Waals surface area contributed by atoms with Crippen LogP contribution in [0.5, 0.6) is 28.7 Å². The van der Waals surface area contributed by atoms with Gasteiger partial charge in [0.1, 0.15) is 6.61 Å². The topological polar surface area (TPSA) is 225 Å². The van der Waals surface area contributed by atoms with Crippen LogP contribution in [0.1, 0.15) is 69.1 Å². The van der Waals surface area contributed by atoms with Crippen molar-refractivity contribution in [3.8, 4) is 28.7 Å². The molecular weight excluding hydrogens is 674 g/mol. The molecule has 52 heavy (non-hydrogen) atoms. The van der Waals surface area contributed by atoms with Crippen molar-refractivity contribution in [2.24, 2.45) is 17.1 Å². The molecule has 10 N–H and O–H groups in total. The number of aliphatic hydroxyl groups excluding tert-OH is 3. The van der Waals surface area contributed by atoms with Gasteiger partial charge >= 0.3 is 5.97 Å². The Morgan fingerprint density at radius 1 is 1.10 bits per heavy atom. The van der Waals surface area contributed by atoms with E-state index in [2.05, 4.69) is 10.6 Å². The van der Waals surface area contributed by atoms with Crippen LogP contribution in [-0.4, -0.2) is 94.6 Å². The molecule has 2 aromatic rings. The number of phenols is 2. The molecule has 0 saturated carbocycles. The van der Waals surface area contributed by atoms with Gasteiger partial charge in [-0.25, -0.2) is 0 Å². The average Bonchev–Trinajstić information content (AvgIpc) is 3.10. The van der Waals surface area contributed by atoms with Crippen LogP contribution in [-0.2, 0) is 16.0 Å². The van der Waals surface area contributed by atoms with Crippen molar-refractivity contribution >= 4 is 5.97 Å². The fourth-order valence-electron chi connectivity index (χ4n) is 7.88. The van der Waals surface area contributed by atoms with Gasteiger partial charge in [-0.3, -0.25) is 4.79 Å². The monoisotopic (exact) mass is 727 g/mol. The Hall–Kier alpha value is -4.21. The zero-order valence-corrected chi connectivity index (χ0v) is 29.8. The maximum atomic E-state index is 12.3. The number of methoxy groups -OCH3 is 1. The number of aliphatic carboxylic acids is 1. The largest absolute Gasteiger partial charge is 0.504 e. The first-order valence-corrected chi connectivity index (χ1v) is 17.9. The number of aromatic hydroxyl groups is 2. The van der Waals surface area contributed by atoms with Gasteiger partial charge in [-0.1, -0.05) is 12.1 Å². The second-order valence-electron chi connectivity index (χ2n) is 14.2. The number of nitrogens with two attached hydrogens (primary N) is 1. The first-order valence-electron chi connectivity index (χ1n) is 17.9. The highest BCUT2D eigenvalue weighted by Gasteiger charge is 2.45. The first-order chi connectivity index (χ1) is 24.9. The Morgan fingerprint density at radius 3 is 2.60 bits per heavy atom. The highest BCUT2D eigenvalue weighted by molar-refractivity contribution is 5.68. The van der Waals surface area contributed by atoms with Crippen LogP contribution in [0.15, 0.2) is 53.9 Å². The van der Waals surface area contributed by atoms with E-state index in [0.29, 0.717) is 50.0 Å². The minimum atomic E-state index is -0.916. The van der Waals surface area contributed by atoms with Gasteiger partial charge in [-0.15, -0.1) is 0 Å². The van der Waals surface area contributed by atoms with Crippen molar-refractivity contribution in [1.29, 1.82) is 0 Å². The molecule has 14 nitrogen and oxygen atoms in total. The Labute approximate surface area is 303 Å². The van der Waals surface area contributed by atoms with Gasteiger partial charge in [0.2, 0.25) is 5.75 Å². The maximum absolute atomic E-state index is 12.3. The number of allylic oxidation sites excluding steroid dienone is 2. The van der Waals surface area contributed by atoms with E-state index in [1.807, 2.05) is 19.1 Å². The summed E-state index contributed by atoms with van der Waals surface area (Å²) in [5.74, 6) is -0.749. The Balaban J connectivity index is 1.40. The second kappa shape index (κ2) is 17.5. The normalized spacial score (nSPS) is 27.6. The van der Waals surface area contributed by atoms with Crippen molar-refractivity contribution in [2.45, 2.75) is 88.7 Å². The third kappa shape index (κ3) is 9.41. The summed E-state index contributed by atoms with van der Waals surface area (Å²) in [6, 6.07) is 7.90. The summed E-state index contributed by atoms with van der Waals surface area (Å²) in [6.45, 7) is 1.91. The minimum Gasteiger partial charge on any atom is -0.504 e. The van der Waals surface area contributed by atoms with Crippen LogP contribution in [0, 0.1) is 11.3 Å². The van der Waals surface area contributed by atoms with Crippen LogP contribution in [0.25, 0.3) is 0 Å². The molecule has 3 aliphatic rings. The zero-order valence-electron chi connectivity index (χ0n) is 29.8. The number of hydrogen-bond donors (Lipinski definition) is 9. The van der Waals surface area contributed by atoms with Crippen LogP contribution >= 0.6 is 0 Å². The molecule has 0 radical (unpaired) electrons. The molecule has 14 heteroatoms. The molecule has 0 bridgehead atoms. The van der Waals surface area contributed by atoms with E-state index in [-0.39, 0.29) is 66.9 Å². The van der Waals surface area contributed by atoms with Crippen molar-refractivity contribution in [1.82, 2.24) is 10.6 Å². The molecule has 0 aliphatic carbocycles. The molecule has 286 valence electrons. The number of aryl methyl sites for hydroxylation is 1. The standard InChI is InChI=1S/C38H53N3O11/c1-22-7-10-38(19-35(46)47,18-24-8-11-40-34(39)14-24)33(41-22)20-50-32-16-25(15-31(49-2)36(32)48)37-27(9-12-42)29(45)17-26(52-37)5-3-23-4-6-28(44)30(13-23)51-21-43/h4,6,8,13-16,22,26-27,29,33,37,40-45,48H,3,5,7,9-12,17-21,39H2,1-2H3,(H,46,47)/t22-,26-,27-,29-,33-,37+,38-/m0/s1. The lowest BCUT2D eigenvalue weighted by molar-refractivity contribution is -0.144. The molecule has 2 fully saturated rings. The van der Waals surface area contributed by atoms with Crippen LogP contribution in [0.2, 0.25) is 0 Å². The van der Waals surface area contributed by atoms with E-state index >= 15 is 0 Å². The number of ether oxygens (including phenoxy) is 4. The van der Waals surface area contributed by atoms with Crippen LogP contribution in [0.3, 0.4) is 0 Å². The van der Waals surface area contributed by atoms with E-state index in [1.54, 1.807) is 24.3 Å². The number of piperidine rings is 1. The number of rotatable bonds is 16. The first kappa shape index (κ1) is 39.0. The predicted octanol–water partition coefficient (Wildman–Crippen LogP) is 2.96. The Morgan fingerprint density at radius 2 is 1.88 bits per heavy atom. The summed E-state index contributed by atoms with van der Waals surface area (Å²) in [5, 5.41) is 68.3.